The van der Waals surface area contributed by atoms with Crippen LogP contribution in [0.5, 0.6) is 0 Å². The van der Waals surface area contributed by atoms with Crippen LogP contribution in [0.3, 0.4) is 0 Å². The molecule has 0 radical (unpaired) electrons. The van der Waals surface area contributed by atoms with Gasteiger partial charge in [0.15, 0.2) is 0 Å². The van der Waals surface area contributed by atoms with Crippen molar-refractivity contribution in [2.24, 2.45) is 0 Å². The van der Waals surface area contributed by atoms with Crippen LogP contribution in [0.2, 0.25) is 0 Å². The van der Waals surface area contributed by atoms with Crippen molar-refractivity contribution in [1.29, 1.82) is 0 Å². The van der Waals surface area contributed by atoms with Crippen molar-refractivity contribution in [2.75, 3.05) is 6.26 Å². The van der Waals surface area contributed by atoms with E-state index in [-0.39, 0.29) is 5.91 Å². The smallest absolute Gasteiger partial charge is 0.220 e. The predicted octanol–water partition coefficient (Wildman–Crippen LogP) is 2.97. The summed E-state index contributed by atoms with van der Waals surface area (Å²) in [6.45, 7) is 2.12. The highest BCUT2D eigenvalue weighted by Crippen LogP contribution is 2.26. The van der Waals surface area contributed by atoms with Crippen LogP contribution in [-0.4, -0.2) is 23.5 Å². The Morgan fingerprint density at radius 2 is 2.27 bits per heavy atom. The van der Waals surface area contributed by atoms with Gasteiger partial charge in [-0.2, -0.15) is 11.8 Å². The fourth-order valence-corrected chi connectivity index (χ4v) is 2.95. The topological polar surface area (TPSA) is 29.1 Å². The Morgan fingerprint density at radius 1 is 1.47 bits per heavy atom. The summed E-state index contributed by atoms with van der Waals surface area (Å²) in [7, 11) is 0. The van der Waals surface area contributed by atoms with Crippen molar-refractivity contribution >= 4 is 17.7 Å². The van der Waals surface area contributed by atoms with Crippen molar-refractivity contribution in [3.8, 4) is 0 Å². The Bertz CT molecular complexity index is 196. The Morgan fingerprint density at radius 3 is 2.93 bits per heavy atom. The number of hydrogen-bond acceptors (Lipinski definition) is 2. The number of amides is 1. The Kier molecular flexibility index (Phi) is 6.15. The van der Waals surface area contributed by atoms with Gasteiger partial charge in [-0.1, -0.05) is 19.8 Å². The van der Waals surface area contributed by atoms with Crippen LogP contribution < -0.4 is 5.32 Å². The lowest BCUT2D eigenvalue weighted by Crippen LogP contribution is -2.38. The standard InChI is InChI=1S/C12H23NOS/c1-3-4-8-12(14)13-10-6-5-7-11(9-10)15-2/h10-11H,3-9H2,1-2H3,(H,13,14)/t10-,11-/m1/s1. The molecule has 0 spiro atoms. The average Bonchev–Trinajstić information content (AvgIpc) is 2.26. The van der Waals surface area contributed by atoms with Gasteiger partial charge < -0.3 is 5.32 Å². The lowest BCUT2D eigenvalue weighted by molar-refractivity contribution is -0.122. The van der Waals surface area contributed by atoms with Gasteiger partial charge >= 0.3 is 0 Å². The van der Waals surface area contributed by atoms with Crippen LogP contribution in [0.1, 0.15) is 51.9 Å². The number of rotatable bonds is 5. The van der Waals surface area contributed by atoms with Crippen molar-refractivity contribution in [3.63, 3.8) is 0 Å². The molecule has 1 fully saturated rings. The number of hydrogen-bond donors (Lipinski definition) is 1. The molecule has 3 heteroatoms. The molecule has 88 valence electrons. The average molecular weight is 229 g/mol. The molecular weight excluding hydrogens is 206 g/mol. The molecule has 0 aromatic carbocycles. The van der Waals surface area contributed by atoms with Crippen LogP contribution in [0, 0.1) is 0 Å². The minimum absolute atomic E-state index is 0.253. The monoisotopic (exact) mass is 229 g/mol. The number of unbranched alkanes of at least 4 members (excludes halogenated alkanes) is 1. The molecule has 1 aliphatic rings. The molecule has 0 unspecified atom stereocenters. The Labute approximate surface area is 97.6 Å². The SMILES string of the molecule is CCCCC(=O)N[C@@H]1CCC[C@@H](SC)C1. The van der Waals surface area contributed by atoms with E-state index in [4.69, 9.17) is 0 Å². The summed E-state index contributed by atoms with van der Waals surface area (Å²) in [5, 5.41) is 3.93. The first-order chi connectivity index (χ1) is 7.26. The van der Waals surface area contributed by atoms with Gasteiger partial charge in [-0.15, -0.1) is 0 Å². The fourth-order valence-electron chi connectivity index (χ4n) is 2.13. The lowest BCUT2D eigenvalue weighted by atomic mass is 9.95. The molecule has 2 atom stereocenters. The second-order valence-corrected chi connectivity index (χ2v) is 5.53. The van der Waals surface area contributed by atoms with Gasteiger partial charge in [-0.3, -0.25) is 4.79 Å². The van der Waals surface area contributed by atoms with E-state index in [0.717, 1.165) is 18.1 Å². The van der Waals surface area contributed by atoms with Gasteiger partial charge in [0.2, 0.25) is 5.91 Å². The van der Waals surface area contributed by atoms with E-state index in [1.165, 1.54) is 25.7 Å². The molecule has 1 rings (SSSR count). The van der Waals surface area contributed by atoms with E-state index in [1.54, 1.807) is 0 Å². The number of carbonyl (C=O) groups excluding carboxylic acids is 1. The number of carbonyl (C=O) groups is 1. The van der Waals surface area contributed by atoms with Crippen molar-refractivity contribution in [2.45, 2.75) is 63.2 Å². The molecule has 0 aromatic heterocycles. The van der Waals surface area contributed by atoms with Crippen molar-refractivity contribution in [1.82, 2.24) is 5.32 Å². The molecule has 1 amide bonds. The van der Waals surface area contributed by atoms with E-state index >= 15 is 0 Å². The largest absolute Gasteiger partial charge is 0.353 e. The highest BCUT2D eigenvalue weighted by Gasteiger charge is 2.22. The van der Waals surface area contributed by atoms with Gasteiger partial charge in [0.1, 0.15) is 0 Å². The molecule has 15 heavy (non-hydrogen) atoms. The lowest BCUT2D eigenvalue weighted by Gasteiger charge is -2.28. The van der Waals surface area contributed by atoms with Gasteiger partial charge in [0.25, 0.3) is 0 Å². The molecule has 2 nitrogen and oxygen atoms in total. The maximum Gasteiger partial charge on any atom is 0.220 e. The molecule has 0 aromatic rings. The third-order valence-corrected chi connectivity index (χ3v) is 4.18. The predicted molar refractivity (Wildman–Crippen MR) is 67.2 cm³/mol. The fraction of sp³-hybridized carbons (Fsp3) is 0.917. The summed E-state index contributed by atoms with van der Waals surface area (Å²) < 4.78 is 0. The third kappa shape index (κ3) is 4.92. The maximum atomic E-state index is 11.5. The first-order valence-corrected chi connectivity index (χ1v) is 7.37. The quantitative estimate of drug-likeness (QED) is 0.785. The first-order valence-electron chi connectivity index (χ1n) is 6.08. The van der Waals surface area contributed by atoms with Gasteiger partial charge in [-0.05, 0) is 31.9 Å². The molecule has 0 aliphatic heterocycles. The summed E-state index contributed by atoms with van der Waals surface area (Å²) in [6.07, 6.45) is 9.93. The third-order valence-electron chi connectivity index (χ3n) is 3.08. The van der Waals surface area contributed by atoms with E-state index < -0.39 is 0 Å². The second kappa shape index (κ2) is 7.15. The molecule has 1 saturated carbocycles. The summed E-state index contributed by atoms with van der Waals surface area (Å²) in [4.78, 5) is 11.5. The van der Waals surface area contributed by atoms with Gasteiger partial charge in [0, 0.05) is 17.7 Å². The molecular formula is C12H23NOS. The van der Waals surface area contributed by atoms with Crippen LogP contribution in [-0.2, 0) is 4.79 Å². The van der Waals surface area contributed by atoms with Crippen LogP contribution in [0.15, 0.2) is 0 Å². The zero-order chi connectivity index (χ0) is 11.1. The zero-order valence-corrected chi connectivity index (χ0v) is 10.7. The highest BCUT2D eigenvalue weighted by molar-refractivity contribution is 7.99. The van der Waals surface area contributed by atoms with Crippen molar-refractivity contribution in [3.05, 3.63) is 0 Å². The summed E-state index contributed by atoms with van der Waals surface area (Å²) in [6, 6.07) is 0.445. The molecule has 1 N–H and O–H groups in total. The summed E-state index contributed by atoms with van der Waals surface area (Å²) in [5.74, 6) is 0.253. The molecule has 0 saturated heterocycles. The highest BCUT2D eigenvalue weighted by atomic mass is 32.2. The number of thioether (sulfide) groups is 1. The summed E-state index contributed by atoms with van der Waals surface area (Å²) in [5.41, 5.74) is 0. The maximum absolute atomic E-state index is 11.5. The van der Waals surface area contributed by atoms with E-state index in [0.29, 0.717) is 12.5 Å². The number of nitrogens with one attached hydrogen (secondary N) is 1. The molecule has 0 bridgehead atoms. The minimum atomic E-state index is 0.253. The van der Waals surface area contributed by atoms with E-state index in [9.17, 15) is 4.79 Å². The summed E-state index contributed by atoms with van der Waals surface area (Å²) >= 11 is 1.94. The normalized spacial score (nSPS) is 26.3. The van der Waals surface area contributed by atoms with Gasteiger partial charge in [0.05, 0.1) is 0 Å². The van der Waals surface area contributed by atoms with Crippen LogP contribution >= 0.6 is 11.8 Å². The second-order valence-electron chi connectivity index (χ2n) is 4.39. The Balaban J connectivity index is 2.22. The van der Waals surface area contributed by atoms with Crippen LogP contribution in [0.25, 0.3) is 0 Å². The zero-order valence-electron chi connectivity index (χ0n) is 9.92. The van der Waals surface area contributed by atoms with Crippen LogP contribution in [0.4, 0.5) is 0 Å². The Hall–Kier alpha value is -0.180. The van der Waals surface area contributed by atoms with Gasteiger partial charge in [-0.25, -0.2) is 0 Å². The first kappa shape index (κ1) is 12.9. The van der Waals surface area contributed by atoms with Crippen molar-refractivity contribution < 1.29 is 4.79 Å². The van der Waals surface area contributed by atoms with E-state index in [1.807, 2.05) is 11.8 Å². The minimum Gasteiger partial charge on any atom is -0.353 e. The van der Waals surface area contributed by atoms with E-state index in [2.05, 4.69) is 18.5 Å². The molecule has 0 heterocycles. The molecule has 1 aliphatic carbocycles.